The van der Waals surface area contributed by atoms with Gasteiger partial charge in [-0.15, -0.1) is 11.8 Å². The van der Waals surface area contributed by atoms with Gasteiger partial charge in [0, 0.05) is 15.1 Å². The van der Waals surface area contributed by atoms with Crippen LogP contribution in [0.3, 0.4) is 0 Å². The fourth-order valence-electron chi connectivity index (χ4n) is 1.80. The molecule has 0 fully saturated rings. The van der Waals surface area contributed by atoms with E-state index in [1.807, 2.05) is 43.5 Å². The number of thioether (sulfide) groups is 1. The van der Waals surface area contributed by atoms with Crippen LogP contribution < -0.4 is 5.32 Å². The second kappa shape index (κ2) is 6.14. The Morgan fingerprint density at radius 1 is 1.26 bits per heavy atom. The molecule has 0 spiro atoms. The normalized spacial score (nSPS) is 10.0. The summed E-state index contributed by atoms with van der Waals surface area (Å²) < 4.78 is 1.08. The molecule has 1 N–H and O–H groups in total. The number of nitriles is 1. The van der Waals surface area contributed by atoms with Crippen LogP contribution in [-0.4, -0.2) is 6.26 Å². The molecule has 0 aliphatic rings. The molecular weight excluding hydrogens is 320 g/mol. The molecular formula is C15H13BrN2S. The SMILES string of the molecule is CSc1cccc(Nc2ccc(Br)c(C)c2)c1C#N. The van der Waals surface area contributed by atoms with E-state index in [0.717, 1.165) is 26.3 Å². The third-order valence-corrected chi connectivity index (χ3v) is 4.46. The van der Waals surface area contributed by atoms with Gasteiger partial charge < -0.3 is 5.32 Å². The van der Waals surface area contributed by atoms with Gasteiger partial charge in [-0.05, 0) is 49.1 Å². The molecule has 2 aromatic carbocycles. The molecule has 2 aromatic rings. The molecule has 0 aliphatic carbocycles. The summed E-state index contributed by atoms with van der Waals surface area (Å²) in [5.41, 5.74) is 3.67. The van der Waals surface area contributed by atoms with Crippen LogP contribution in [0.2, 0.25) is 0 Å². The van der Waals surface area contributed by atoms with Crippen molar-refractivity contribution in [3.8, 4) is 6.07 Å². The third-order valence-electron chi connectivity index (χ3n) is 2.79. The van der Waals surface area contributed by atoms with Crippen molar-refractivity contribution in [2.45, 2.75) is 11.8 Å². The fraction of sp³-hybridized carbons (Fsp3) is 0.133. The van der Waals surface area contributed by atoms with Crippen molar-refractivity contribution in [2.75, 3.05) is 11.6 Å². The molecule has 0 aromatic heterocycles. The van der Waals surface area contributed by atoms with Crippen molar-refractivity contribution >= 4 is 39.1 Å². The minimum atomic E-state index is 0.690. The summed E-state index contributed by atoms with van der Waals surface area (Å²) in [6.45, 7) is 2.04. The average Bonchev–Trinajstić information content (AvgIpc) is 2.42. The predicted octanol–water partition coefficient (Wildman–Crippen LogP) is 5.09. The molecule has 0 unspecified atom stereocenters. The highest BCUT2D eigenvalue weighted by Gasteiger charge is 2.07. The summed E-state index contributed by atoms with van der Waals surface area (Å²) in [4.78, 5) is 0.987. The molecule has 0 bridgehead atoms. The van der Waals surface area contributed by atoms with E-state index in [9.17, 15) is 5.26 Å². The lowest BCUT2D eigenvalue weighted by Crippen LogP contribution is -1.95. The molecule has 0 amide bonds. The number of nitrogens with zero attached hydrogens (tertiary/aromatic N) is 1. The van der Waals surface area contributed by atoms with Gasteiger partial charge in [0.05, 0.1) is 11.3 Å². The summed E-state index contributed by atoms with van der Waals surface area (Å²) in [6, 6.07) is 14.2. The Balaban J connectivity index is 2.38. The van der Waals surface area contributed by atoms with E-state index in [1.54, 1.807) is 11.8 Å². The molecule has 2 rings (SSSR count). The highest BCUT2D eigenvalue weighted by molar-refractivity contribution is 9.10. The van der Waals surface area contributed by atoms with E-state index in [-0.39, 0.29) is 0 Å². The lowest BCUT2D eigenvalue weighted by atomic mass is 10.1. The van der Waals surface area contributed by atoms with Crippen molar-refractivity contribution in [3.05, 3.63) is 52.0 Å². The molecule has 0 saturated heterocycles. The summed E-state index contributed by atoms with van der Waals surface area (Å²) in [5, 5.41) is 12.6. The van der Waals surface area contributed by atoms with Gasteiger partial charge in [-0.2, -0.15) is 5.26 Å². The zero-order valence-corrected chi connectivity index (χ0v) is 13.1. The summed E-state index contributed by atoms with van der Waals surface area (Å²) in [7, 11) is 0. The van der Waals surface area contributed by atoms with Crippen LogP contribution in [0.4, 0.5) is 11.4 Å². The molecule has 96 valence electrons. The highest BCUT2D eigenvalue weighted by Crippen LogP contribution is 2.29. The fourth-order valence-corrected chi connectivity index (χ4v) is 2.62. The summed E-state index contributed by atoms with van der Waals surface area (Å²) >= 11 is 5.06. The monoisotopic (exact) mass is 332 g/mol. The Kier molecular flexibility index (Phi) is 4.52. The first-order valence-corrected chi connectivity index (χ1v) is 7.77. The maximum Gasteiger partial charge on any atom is 0.103 e. The minimum absolute atomic E-state index is 0.690. The Hall–Kier alpha value is -1.44. The van der Waals surface area contributed by atoms with Crippen LogP contribution in [0.25, 0.3) is 0 Å². The molecule has 0 radical (unpaired) electrons. The third kappa shape index (κ3) is 3.12. The first kappa shape index (κ1) is 14.0. The number of rotatable bonds is 3. The van der Waals surface area contributed by atoms with Crippen molar-refractivity contribution in [2.24, 2.45) is 0 Å². The van der Waals surface area contributed by atoms with Gasteiger partial charge in [-0.1, -0.05) is 22.0 Å². The number of benzene rings is 2. The van der Waals surface area contributed by atoms with E-state index in [2.05, 4.69) is 33.4 Å². The van der Waals surface area contributed by atoms with Gasteiger partial charge in [-0.3, -0.25) is 0 Å². The molecule has 0 aliphatic heterocycles. The van der Waals surface area contributed by atoms with E-state index in [0.29, 0.717) is 5.56 Å². The van der Waals surface area contributed by atoms with E-state index >= 15 is 0 Å². The average molecular weight is 333 g/mol. The summed E-state index contributed by atoms with van der Waals surface area (Å²) in [5.74, 6) is 0. The number of hydrogen-bond acceptors (Lipinski definition) is 3. The number of aryl methyl sites for hydroxylation is 1. The van der Waals surface area contributed by atoms with Crippen molar-refractivity contribution in [1.29, 1.82) is 5.26 Å². The molecule has 19 heavy (non-hydrogen) atoms. The second-order valence-corrected chi connectivity index (χ2v) is 5.79. The molecule has 2 nitrogen and oxygen atoms in total. The van der Waals surface area contributed by atoms with Gasteiger partial charge >= 0.3 is 0 Å². The number of nitrogens with one attached hydrogen (secondary N) is 1. The van der Waals surface area contributed by atoms with Crippen LogP contribution in [0.5, 0.6) is 0 Å². The summed E-state index contributed by atoms with van der Waals surface area (Å²) in [6.07, 6.45) is 1.98. The van der Waals surface area contributed by atoms with Crippen LogP contribution >= 0.6 is 27.7 Å². The maximum atomic E-state index is 9.30. The Labute approximate surface area is 126 Å². The largest absolute Gasteiger partial charge is 0.354 e. The van der Waals surface area contributed by atoms with Gasteiger partial charge in [0.25, 0.3) is 0 Å². The first-order valence-electron chi connectivity index (χ1n) is 5.76. The van der Waals surface area contributed by atoms with Gasteiger partial charge in [-0.25, -0.2) is 0 Å². The standard InChI is InChI=1S/C15H13BrN2S/c1-10-8-11(6-7-13(10)16)18-14-4-3-5-15(19-2)12(14)9-17/h3-8,18H,1-2H3. The van der Waals surface area contributed by atoms with Crippen LogP contribution in [-0.2, 0) is 0 Å². The van der Waals surface area contributed by atoms with Gasteiger partial charge in [0.1, 0.15) is 6.07 Å². The molecule has 4 heteroatoms. The smallest absolute Gasteiger partial charge is 0.103 e. The Morgan fingerprint density at radius 2 is 2.05 bits per heavy atom. The number of anilines is 2. The highest BCUT2D eigenvalue weighted by atomic mass is 79.9. The molecule has 0 saturated carbocycles. The Bertz CT molecular complexity index is 647. The quantitative estimate of drug-likeness (QED) is 0.794. The van der Waals surface area contributed by atoms with Crippen molar-refractivity contribution < 1.29 is 0 Å². The zero-order chi connectivity index (χ0) is 13.8. The van der Waals surface area contributed by atoms with E-state index in [1.165, 1.54) is 0 Å². The van der Waals surface area contributed by atoms with Crippen molar-refractivity contribution in [1.82, 2.24) is 0 Å². The van der Waals surface area contributed by atoms with Gasteiger partial charge in [0.2, 0.25) is 0 Å². The first-order chi connectivity index (χ1) is 9.15. The van der Waals surface area contributed by atoms with Crippen LogP contribution in [0, 0.1) is 18.3 Å². The van der Waals surface area contributed by atoms with Crippen LogP contribution in [0.15, 0.2) is 45.8 Å². The lowest BCUT2D eigenvalue weighted by Gasteiger charge is -2.11. The zero-order valence-electron chi connectivity index (χ0n) is 10.7. The lowest BCUT2D eigenvalue weighted by molar-refractivity contribution is 1.35. The second-order valence-electron chi connectivity index (χ2n) is 4.08. The Morgan fingerprint density at radius 3 is 2.68 bits per heavy atom. The predicted molar refractivity (Wildman–Crippen MR) is 85.1 cm³/mol. The van der Waals surface area contributed by atoms with Gasteiger partial charge in [0.15, 0.2) is 0 Å². The van der Waals surface area contributed by atoms with Crippen LogP contribution in [0.1, 0.15) is 11.1 Å². The maximum absolute atomic E-state index is 9.30. The molecule has 0 heterocycles. The van der Waals surface area contributed by atoms with E-state index < -0.39 is 0 Å². The minimum Gasteiger partial charge on any atom is -0.354 e. The molecule has 0 atom stereocenters. The topological polar surface area (TPSA) is 35.8 Å². The number of halogens is 1. The number of hydrogen-bond donors (Lipinski definition) is 1. The van der Waals surface area contributed by atoms with Crippen molar-refractivity contribution in [3.63, 3.8) is 0 Å². The van der Waals surface area contributed by atoms with E-state index in [4.69, 9.17) is 0 Å².